The van der Waals surface area contributed by atoms with Gasteiger partial charge in [0, 0.05) is 43.7 Å². The van der Waals surface area contributed by atoms with Crippen LogP contribution in [0.25, 0.3) is 5.52 Å². The highest BCUT2D eigenvalue weighted by Crippen LogP contribution is 2.10. The van der Waals surface area contributed by atoms with Gasteiger partial charge in [-0.05, 0) is 19.1 Å². The van der Waals surface area contributed by atoms with Gasteiger partial charge in [0.2, 0.25) is 0 Å². The molecular formula is C16H20N6O. The molecule has 2 N–H and O–H groups in total. The van der Waals surface area contributed by atoms with E-state index in [9.17, 15) is 4.79 Å². The summed E-state index contributed by atoms with van der Waals surface area (Å²) in [5, 5.41) is 9.97. The maximum atomic E-state index is 12.1. The Hall–Kier alpha value is -2.83. The highest BCUT2D eigenvalue weighted by atomic mass is 16.2. The molecule has 3 aromatic heterocycles. The van der Waals surface area contributed by atoms with E-state index < -0.39 is 0 Å². The zero-order chi connectivity index (χ0) is 16.2. The molecular weight excluding hydrogens is 292 g/mol. The van der Waals surface area contributed by atoms with Gasteiger partial charge in [0.25, 0.3) is 0 Å². The fourth-order valence-electron chi connectivity index (χ4n) is 2.54. The van der Waals surface area contributed by atoms with Crippen LogP contribution in [0.15, 0.2) is 42.9 Å². The third-order valence-electron chi connectivity index (χ3n) is 3.58. The molecule has 3 rings (SSSR count). The van der Waals surface area contributed by atoms with Crippen molar-refractivity contribution in [1.82, 2.24) is 24.5 Å². The minimum atomic E-state index is -0.265. The summed E-state index contributed by atoms with van der Waals surface area (Å²) in [5.41, 5.74) is 0.932. The predicted octanol–water partition coefficient (Wildman–Crippen LogP) is 2.30. The number of rotatable bonds is 5. The van der Waals surface area contributed by atoms with Crippen LogP contribution >= 0.6 is 0 Å². The van der Waals surface area contributed by atoms with E-state index in [1.807, 2.05) is 43.6 Å². The van der Waals surface area contributed by atoms with Crippen molar-refractivity contribution in [3.63, 3.8) is 0 Å². The van der Waals surface area contributed by atoms with Crippen LogP contribution in [0.1, 0.15) is 19.7 Å². The maximum Gasteiger partial charge on any atom is 0.320 e. The van der Waals surface area contributed by atoms with Crippen LogP contribution in [0, 0.1) is 0 Å². The molecule has 2 amide bonds. The SMILES string of the molecule is CCc1nccn1CC(C)NC(=O)Nc1cc2ccccn2n1. The second kappa shape index (κ2) is 6.51. The number of aromatic nitrogens is 4. The van der Waals surface area contributed by atoms with Gasteiger partial charge in [0.1, 0.15) is 5.82 Å². The number of imidazole rings is 1. The first-order valence-electron chi connectivity index (χ1n) is 7.67. The Morgan fingerprint density at radius 2 is 2.22 bits per heavy atom. The number of carbonyl (C=O) groups excluding carboxylic acids is 1. The van der Waals surface area contributed by atoms with Gasteiger partial charge in [-0.2, -0.15) is 0 Å². The smallest absolute Gasteiger partial charge is 0.320 e. The van der Waals surface area contributed by atoms with Crippen LogP contribution in [-0.2, 0) is 13.0 Å². The molecule has 0 saturated heterocycles. The summed E-state index contributed by atoms with van der Waals surface area (Å²) in [6.45, 7) is 4.71. The quantitative estimate of drug-likeness (QED) is 0.759. The lowest BCUT2D eigenvalue weighted by Crippen LogP contribution is -2.38. The largest absolute Gasteiger partial charge is 0.334 e. The number of urea groups is 1. The summed E-state index contributed by atoms with van der Waals surface area (Å²) in [6.07, 6.45) is 6.42. The third-order valence-corrected chi connectivity index (χ3v) is 3.58. The molecule has 0 saturated carbocycles. The van der Waals surface area contributed by atoms with Crippen LogP contribution in [0.3, 0.4) is 0 Å². The fourth-order valence-corrected chi connectivity index (χ4v) is 2.54. The van der Waals surface area contributed by atoms with Crippen LogP contribution < -0.4 is 10.6 Å². The van der Waals surface area contributed by atoms with Gasteiger partial charge in [0.15, 0.2) is 5.82 Å². The summed E-state index contributed by atoms with van der Waals surface area (Å²) in [5.74, 6) is 1.54. The zero-order valence-corrected chi connectivity index (χ0v) is 13.2. The summed E-state index contributed by atoms with van der Waals surface area (Å²) < 4.78 is 3.77. The second-order valence-electron chi connectivity index (χ2n) is 5.45. The zero-order valence-electron chi connectivity index (χ0n) is 13.2. The molecule has 1 atom stereocenters. The number of amides is 2. The van der Waals surface area contributed by atoms with Crippen molar-refractivity contribution < 1.29 is 4.79 Å². The van der Waals surface area contributed by atoms with Crippen LogP contribution in [0.4, 0.5) is 10.6 Å². The molecule has 0 aliphatic rings. The van der Waals surface area contributed by atoms with Gasteiger partial charge in [-0.3, -0.25) is 5.32 Å². The van der Waals surface area contributed by atoms with Gasteiger partial charge in [-0.1, -0.05) is 13.0 Å². The molecule has 7 nitrogen and oxygen atoms in total. The van der Waals surface area contributed by atoms with E-state index in [2.05, 4.69) is 32.2 Å². The number of fused-ring (bicyclic) bond motifs is 1. The fraction of sp³-hybridized carbons (Fsp3) is 0.312. The Morgan fingerprint density at radius 3 is 3.00 bits per heavy atom. The van der Waals surface area contributed by atoms with Crippen LogP contribution in [-0.4, -0.2) is 31.2 Å². The number of hydrogen-bond acceptors (Lipinski definition) is 3. The van der Waals surface area contributed by atoms with E-state index in [0.717, 1.165) is 17.8 Å². The lowest BCUT2D eigenvalue weighted by atomic mass is 10.3. The Labute approximate surface area is 134 Å². The average Bonchev–Trinajstić information content (AvgIpc) is 3.12. The van der Waals surface area contributed by atoms with E-state index in [0.29, 0.717) is 12.4 Å². The molecule has 0 radical (unpaired) electrons. The number of nitrogens with zero attached hydrogens (tertiary/aromatic N) is 4. The van der Waals surface area contributed by atoms with Crippen LogP contribution in [0.5, 0.6) is 0 Å². The van der Waals surface area contributed by atoms with Crippen molar-refractivity contribution in [2.24, 2.45) is 0 Å². The highest BCUT2D eigenvalue weighted by Gasteiger charge is 2.11. The average molecular weight is 312 g/mol. The number of aryl methyl sites for hydroxylation is 1. The Bertz CT molecular complexity index is 773. The van der Waals surface area contributed by atoms with Gasteiger partial charge in [-0.15, -0.1) is 5.10 Å². The normalized spacial score (nSPS) is 12.3. The molecule has 3 heterocycles. The maximum absolute atomic E-state index is 12.1. The van der Waals surface area contributed by atoms with E-state index in [1.165, 1.54) is 0 Å². The molecule has 0 fully saturated rings. The molecule has 23 heavy (non-hydrogen) atoms. The minimum absolute atomic E-state index is 0.0217. The van der Waals surface area contributed by atoms with E-state index in [-0.39, 0.29) is 12.1 Å². The van der Waals surface area contributed by atoms with Gasteiger partial charge < -0.3 is 9.88 Å². The Kier molecular flexibility index (Phi) is 4.27. The van der Waals surface area contributed by atoms with Gasteiger partial charge >= 0.3 is 6.03 Å². The summed E-state index contributed by atoms with van der Waals surface area (Å²) in [4.78, 5) is 16.4. The molecule has 0 bridgehead atoms. The van der Waals surface area contributed by atoms with Crippen molar-refractivity contribution in [2.75, 3.05) is 5.32 Å². The van der Waals surface area contributed by atoms with Crippen molar-refractivity contribution >= 4 is 17.4 Å². The van der Waals surface area contributed by atoms with Crippen molar-refractivity contribution in [1.29, 1.82) is 0 Å². The van der Waals surface area contributed by atoms with Crippen molar-refractivity contribution in [2.45, 2.75) is 32.9 Å². The molecule has 0 spiro atoms. The number of pyridine rings is 1. The summed E-state index contributed by atoms with van der Waals surface area (Å²) in [7, 11) is 0. The minimum Gasteiger partial charge on any atom is -0.334 e. The van der Waals surface area contributed by atoms with E-state index >= 15 is 0 Å². The lowest BCUT2D eigenvalue weighted by molar-refractivity contribution is 0.248. The third kappa shape index (κ3) is 3.50. The van der Waals surface area contributed by atoms with E-state index in [4.69, 9.17) is 0 Å². The van der Waals surface area contributed by atoms with Crippen molar-refractivity contribution in [3.8, 4) is 0 Å². The summed E-state index contributed by atoms with van der Waals surface area (Å²) in [6, 6.07) is 7.30. The number of hydrogen-bond donors (Lipinski definition) is 2. The van der Waals surface area contributed by atoms with Crippen molar-refractivity contribution in [3.05, 3.63) is 48.7 Å². The number of carbonyl (C=O) groups is 1. The Balaban J connectivity index is 1.58. The van der Waals surface area contributed by atoms with Crippen LogP contribution in [0.2, 0.25) is 0 Å². The first-order valence-corrected chi connectivity index (χ1v) is 7.67. The van der Waals surface area contributed by atoms with E-state index in [1.54, 1.807) is 10.7 Å². The Morgan fingerprint density at radius 1 is 1.35 bits per heavy atom. The summed E-state index contributed by atoms with van der Waals surface area (Å²) >= 11 is 0. The number of anilines is 1. The molecule has 3 aromatic rings. The highest BCUT2D eigenvalue weighted by molar-refractivity contribution is 5.89. The first kappa shape index (κ1) is 15.1. The number of nitrogens with one attached hydrogen (secondary N) is 2. The lowest BCUT2D eigenvalue weighted by Gasteiger charge is -2.16. The standard InChI is InChI=1S/C16H20N6O/c1-3-15-17-7-9-21(15)11-12(2)18-16(23)19-14-10-13-6-4-5-8-22(13)20-14/h4-10,12H,3,11H2,1-2H3,(H2,18,19,20,23). The molecule has 0 aliphatic carbocycles. The van der Waals surface area contributed by atoms with Gasteiger partial charge in [0.05, 0.1) is 5.52 Å². The molecule has 120 valence electrons. The topological polar surface area (TPSA) is 76.2 Å². The molecule has 0 aromatic carbocycles. The molecule has 0 aliphatic heterocycles. The molecule has 7 heteroatoms. The first-order chi connectivity index (χ1) is 11.2. The second-order valence-corrected chi connectivity index (χ2v) is 5.45. The van der Waals surface area contributed by atoms with Gasteiger partial charge in [-0.25, -0.2) is 14.3 Å². The molecule has 1 unspecified atom stereocenters. The predicted molar refractivity (Wildman–Crippen MR) is 88.4 cm³/mol. The monoisotopic (exact) mass is 312 g/mol.